The van der Waals surface area contributed by atoms with Crippen molar-refractivity contribution in [2.45, 2.75) is 25.8 Å². The number of nitrogens with zero attached hydrogens (tertiary/aromatic N) is 4. The molecule has 1 N–H and O–H groups in total. The number of nitrogens with one attached hydrogen (secondary N) is 1. The zero-order valence-corrected chi connectivity index (χ0v) is 12.7. The van der Waals surface area contributed by atoms with Crippen LogP contribution in [-0.2, 0) is 16.1 Å². The van der Waals surface area contributed by atoms with Gasteiger partial charge in [0.1, 0.15) is 0 Å². The van der Waals surface area contributed by atoms with E-state index in [9.17, 15) is 4.79 Å². The summed E-state index contributed by atoms with van der Waals surface area (Å²) in [6.45, 7) is 3.08. The highest BCUT2D eigenvalue weighted by Gasteiger charge is 2.24. The van der Waals surface area contributed by atoms with Gasteiger partial charge in [0.25, 0.3) is 0 Å². The van der Waals surface area contributed by atoms with Crippen molar-refractivity contribution in [3.05, 3.63) is 5.82 Å². The van der Waals surface area contributed by atoms with Crippen LogP contribution in [0.15, 0.2) is 0 Å². The van der Waals surface area contributed by atoms with Gasteiger partial charge in [0, 0.05) is 19.5 Å². The van der Waals surface area contributed by atoms with Crippen LogP contribution >= 0.6 is 0 Å². The number of carbonyl (C=O) groups is 1. The summed E-state index contributed by atoms with van der Waals surface area (Å²) >= 11 is 0. The van der Waals surface area contributed by atoms with Crippen LogP contribution in [0.4, 0.5) is 5.95 Å². The Labute approximate surface area is 129 Å². The van der Waals surface area contributed by atoms with E-state index in [2.05, 4.69) is 20.3 Å². The first-order valence-corrected chi connectivity index (χ1v) is 7.63. The lowest BCUT2D eigenvalue weighted by Gasteiger charge is -2.26. The third-order valence-electron chi connectivity index (χ3n) is 3.74. The molecule has 0 unspecified atom stereocenters. The van der Waals surface area contributed by atoms with Crippen molar-refractivity contribution in [3.8, 4) is 6.01 Å². The summed E-state index contributed by atoms with van der Waals surface area (Å²) in [5, 5.41) is 2.86. The van der Waals surface area contributed by atoms with E-state index >= 15 is 0 Å². The van der Waals surface area contributed by atoms with Gasteiger partial charge in [0.15, 0.2) is 5.82 Å². The topological polar surface area (TPSA) is 89.5 Å². The van der Waals surface area contributed by atoms with E-state index in [0.29, 0.717) is 43.9 Å². The molecule has 1 aromatic rings. The van der Waals surface area contributed by atoms with Gasteiger partial charge in [-0.1, -0.05) is 0 Å². The molecule has 1 aliphatic carbocycles. The molecule has 0 spiro atoms. The minimum absolute atomic E-state index is 0.0507. The smallest absolute Gasteiger partial charge is 0.321 e. The van der Waals surface area contributed by atoms with Gasteiger partial charge >= 0.3 is 6.01 Å². The predicted molar refractivity (Wildman–Crippen MR) is 78.6 cm³/mol. The molecule has 1 saturated carbocycles. The Morgan fingerprint density at radius 1 is 1.32 bits per heavy atom. The molecule has 1 amide bonds. The molecule has 2 aliphatic rings. The summed E-state index contributed by atoms with van der Waals surface area (Å²) in [4.78, 5) is 26.7. The Morgan fingerprint density at radius 2 is 2.09 bits per heavy atom. The lowest BCUT2D eigenvalue weighted by molar-refractivity contribution is -0.121. The predicted octanol–water partition coefficient (Wildman–Crippen LogP) is 0.133. The van der Waals surface area contributed by atoms with Gasteiger partial charge in [-0.25, -0.2) is 0 Å². The van der Waals surface area contributed by atoms with Gasteiger partial charge < -0.3 is 19.7 Å². The third kappa shape index (κ3) is 4.03. The molecule has 1 aromatic heterocycles. The zero-order valence-electron chi connectivity index (χ0n) is 12.7. The molecule has 22 heavy (non-hydrogen) atoms. The van der Waals surface area contributed by atoms with Crippen LogP contribution in [0.1, 0.15) is 25.1 Å². The average Bonchev–Trinajstić information content (AvgIpc) is 3.37. The number of hydrogen-bond donors (Lipinski definition) is 1. The third-order valence-corrected chi connectivity index (χ3v) is 3.74. The van der Waals surface area contributed by atoms with Gasteiger partial charge in [-0.15, -0.1) is 0 Å². The number of hydrogen-bond acceptors (Lipinski definition) is 7. The van der Waals surface area contributed by atoms with Crippen molar-refractivity contribution >= 4 is 11.9 Å². The second-order valence-electron chi connectivity index (χ2n) is 5.56. The first-order valence-electron chi connectivity index (χ1n) is 7.63. The SMILES string of the molecule is COc1nc(CNC(=O)CC2CC2)nc(N2CCOCC2)n1. The molecular weight excluding hydrogens is 286 g/mol. The lowest BCUT2D eigenvalue weighted by atomic mass is 10.3. The van der Waals surface area contributed by atoms with Crippen LogP contribution < -0.4 is 15.0 Å². The summed E-state index contributed by atoms with van der Waals surface area (Å²) in [5.41, 5.74) is 0. The molecule has 0 bridgehead atoms. The Bertz CT molecular complexity index is 529. The van der Waals surface area contributed by atoms with Crippen molar-refractivity contribution in [2.75, 3.05) is 38.3 Å². The standard InChI is InChI=1S/C14H21N5O3/c1-21-14-17-11(9-15-12(20)8-10-2-3-10)16-13(18-14)19-4-6-22-7-5-19/h10H,2-9H2,1H3,(H,15,20). The summed E-state index contributed by atoms with van der Waals surface area (Å²) in [6.07, 6.45) is 2.92. The molecule has 0 aromatic carbocycles. The van der Waals surface area contributed by atoms with Crippen LogP contribution in [0.5, 0.6) is 6.01 Å². The van der Waals surface area contributed by atoms with Crippen molar-refractivity contribution < 1.29 is 14.3 Å². The van der Waals surface area contributed by atoms with Gasteiger partial charge in [-0.3, -0.25) is 4.79 Å². The summed E-state index contributed by atoms with van der Waals surface area (Å²) in [6, 6.07) is 0.267. The fourth-order valence-electron chi connectivity index (χ4n) is 2.30. The van der Waals surface area contributed by atoms with E-state index in [1.54, 1.807) is 0 Å². The molecule has 2 fully saturated rings. The average molecular weight is 307 g/mol. The van der Waals surface area contributed by atoms with Crippen LogP contribution in [0.2, 0.25) is 0 Å². The van der Waals surface area contributed by atoms with Gasteiger partial charge in [-0.2, -0.15) is 15.0 Å². The molecular formula is C14H21N5O3. The van der Waals surface area contributed by atoms with E-state index < -0.39 is 0 Å². The second kappa shape index (κ2) is 6.87. The van der Waals surface area contributed by atoms with E-state index in [4.69, 9.17) is 9.47 Å². The number of methoxy groups -OCH3 is 1. The molecule has 8 nitrogen and oxygen atoms in total. The molecule has 1 saturated heterocycles. The number of morpholine rings is 1. The van der Waals surface area contributed by atoms with Crippen molar-refractivity contribution in [1.82, 2.24) is 20.3 Å². The number of anilines is 1. The lowest BCUT2D eigenvalue weighted by Crippen LogP contribution is -2.37. The highest BCUT2D eigenvalue weighted by atomic mass is 16.5. The minimum Gasteiger partial charge on any atom is -0.467 e. The molecule has 0 radical (unpaired) electrons. The van der Waals surface area contributed by atoms with Crippen molar-refractivity contribution in [3.63, 3.8) is 0 Å². The summed E-state index contributed by atoms with van der Waals surface area (Å²) in [7, 11) is 1.52. The highest BCUT2D eigenvalue weighted by Crippen LogP contribution is 2.32. The highest BCUT2D eigenvalue weighted by molar-refractivity contribution is 5.76. The minimum atomic E-state index is 0.0507. The first kappa shape index (κ1) is 15.0. The molecule has 8 heteroatoms. The quantitative estimate of drug-likeness (QED) is 0.799. The Hall–Kier alpha value is -1.96. The van der Waals surface area contributed by atoms with E-state index in [1.807, 2.05) is 4.90 Å². The molecule has 2 heterocycles. The van der Waals surface area contributed by atoms with Crippen LogP contribution in [-0.4, -0.2) is 54.3 Å². The van der Waals surface area contributed by atoms with Crippen LogP contribution in [0.3, 0.4) is 0 Å². The normalized spacial score (nSPS) is 18.1. The van der Waals surface area contributed by atoms with E-state index in [0.717, 1.165) is 25.9 Å². The monoisotopic (exact) mass is 307 g/mol. The summed E-state index contributed by atoms with van der Waals surface area (Å²) in [5.74, 6) is 1.70. The zero-order chi connectivity index (χ0) is 15.4. The number of amides is 1. The Morgan fingerprint density at radius 3 is 2.77 bits per heavy atom. The maximum atomic E-state index is 11.8. The molecule has 120 valence electrons. The van der Waals surface area contributed by atoms with E-state index in [1.165, 1.54) is 7.11 Å². The fraction of sp³-hybridized carbons (Fsp3) is 0.714. The van der Waals surface area contributed by atoms with Crippen molar-refractivity contribution in [2.24, 2.45) is 5.92 Å². The molecule has 1 aliphatic heterocycles. The fourth-order valence-corrected chi connectivity index (χ4v) is 2.30. The second-order valence-corrected chi connectivity index (χ2v) is 5.56. The molecule has 0 atom stereocenters. The molecule has 3 rings (SSSR count). The largest absolute Gasteiger partial charge is 0.467 e. The first-order chi connectivity index (χ1) is 10.7. The van der Waals surface area contributed by atoms with E-state index in [-0.39, 0.29) is 11.9 Å². The Kier molecular flexibility index (Phi) is 4.67. The van der Waals surface area contributed by atoms with Gasteiger partial charge in [0.05, 0.1) is 26.9 Å². The van der Waals surface area contributed by atoms with Crippen molar-refractivity contribution in [1.29, 1.82) is 0 Å². The summed E-state index contributed by atoms with van der Waals surface area (Å²) < 4.78 is 10.5. The van der Waals surface area contributed by atoms with Gasteiger partial charge in [-0.05, 0) is 18.8 Å². The van der Waals surface area contributed by atoms with Crippen LogP contribution in [0.25, 0.3) is 0 Å². The maximum Gasteiger partial charge on any atom is 0.321 e. The maximum absolute atomic E-state index is 11.8. The number of carbonyl (C=O) groups excluding carboxylic acids is 1. The number of aromatic nitrogens is 3. The van der Waals surface area contributed by atoms with Gasteiger partial charge in [0.2, 0.25) is 11.9 Å². The Balaban J connectivity index is 1.65. The number of ether oxygens (including phenoxy) is 2. The number of rotatable bonds is 6. The van der Waals surface area contributed by atoms with Crippen LogP contribution in [0, 0.1) is 5.92 Å².